The van der Waals surface area contributed by atoms with Gasteiger partial charge in [-0.2, -0.15) is 0 Å². The smallest absolute Gasteiger partial charge is 0.0483 e. The first-order chi connectivity index (χ1) is 6.33. The lowest BCUT2D eigenvalue weighted by atomic mass is 10.1. The number of hydrogen-bond donors (Lipinski definition) is 0. The van der Waals surface area contributed by atoms with Crippen LogP contribution in [0.4, 0.5) is 0 Å². The van der Waals surface area contributed by atoms with Crippen LogP contribution in [-0.2, 0) is 6.54 Å². The molecule has 0 N–H and O–H groups in total. The number of halogens is 1. The molecule has 2 heteroatoms. The third-order valence-electron chi connectivity index (χ3n) is 2.36. The van der Waals surface area contributed by atoms with Gasteiger partial charge in [0.1, 0.15) is 0 Å². The van der Waals surface area contributed by atoms with E-state index < -0.39 is 0 Å². The second-order valence-electron chi connectivity index (χ2n) is 3.21. The molecule has 0 aliphatic carbocycles. The molecule has 0 amide bonds. The van der Waals surface area contributed by atoms with E-state index in [9.17, 15) is 0 Å². The van der Waals surface area contributed by atoms with Crippen LogP contribution in [0.2, 0.25) is 0 Å². The predicted molar refractivity (Wildman–Crippen MR) is 60.5 cm³/mol. The van der Waals surface area contributed by atoms with Crippen molar-refractivity contribution in [1.82, 2.24) is 4.57 Å². The number of aryl methyl sites for hydroxylation is 2. The van der Waals surface area contributed by atoms with E-state index in [0.29, 0.717) is 0 Å². The molecule has 0 aliphatic heterocycles. The molecule has 2 rings (SSSR count). The van der Waals surface area contributed by atoms with Crippen molar-refractivity contribution in [3.8, 4) is 0 Å². The van der Waals surface area contributed by atoms with Crippen molar-refractivity contribution in [2.75, 3.05) is 5.33 Å². The summed E-state index contributed by atoms with van der Waals surface area (Å²) in [5, 5.41) is 2.37. The maximum absolute atomic E-state index is 3.45. The number of aromatic nitrogens is 1. The zero-order chi connectivity index (χ0) is 9.26. The SMILES string of the molecule is Cc1cccc2c1ccn2CCBr. The number of hydrogen-bond acceptors (Lipinski definition) is 0. The molecule has 68 valence electrons. The Bertz CT molecular complexity index is 417. The monoisotopic (exact) mass is 237 g/mol. The highest BCUT2D eigenvalue weighted by Crippen LogP contribution is 2.19. The van der Waals surface area contributed by atoms with Crippen LogP contribution in [0.15, 0.2) is 30.5 Å². The fourth-order valence-electron chi connectivity index (χ4n) is 1.66. The van der Waals surface area contributed by atoms with Gasteiger partial charge in [0, 0.05) is 29.0 Å². The standard InChI is InChI=1S/C11H12BrN/c1-9-3-2-4-11-10(9)5-7-13(11)8-6-12/h2-5,7H,6,8H2,1H3. The summed E-state index contributed by atoms with van der Waals surface area (Å²) in [6, 6.07) is 8.63. The molecule has 0 spiro atoms. The van der Waals surface area contributed by atoms with Crippen LogP contribution in [-0.4, -0.2) is 9.90 Å². The largest absolute Gasteiger partial charge is 0.347 e. The Kier molecular flexibility index (Phi) is 2.40. The summed E-state index contributed by atoms with van der Waals surface area (Å²) >= 11 is 3.45. The summed E-state index contributed by atoms with van der Waals surface area (Å²) in [6.45, 7) is 3.19. The topological polar surface area (TPSA) is 4.93 Å². The Hall–Kier alpha value is -0.760. The first-order valence-electron chi connectivity index (χ1n) is 4.43. The number of benzene rings is 1. The van der Waals surface area contributed by atoms with Crippen molar-refractivity contribution in [3.63, 3.8) is 0 Å². The molecule has 1 nitrogen and oxygen atoms in total. The van der Waals surface area contributed by atoms with E-state index in [2.05, 4.69) is 57.9 Å². The lowest BCUT2D eigenvalue weighted by Gasteiger charge is -2.02. The third kappa shape index (κ3) is 1.51. The fourth-order valence-corrected chi connectivity index (χ4v) is 2.05. The zero-order valence-corrected chi connectivity index (χ0v) is 9.21. The van der Waals surface area contributed by atoms with Gasteiger partial charge in [-0.15, -0.1) is 0 Å². The molecule has 0 fully saturated rings. The Morgan fingerprint density at radius 1 is 1.31 bits per heavy atom. The van der Waals surface area contributed by atoms with E-state index in [4.69, 9.17) is 0 Å². The van der Waals surface area contributed by atoms with Gasteiger partial charge < -0.3 is 4.57 Å². The van der Waals surface area contributed by atoms with Crippen LogP contribution in [0, 0.1) is 6.92 Å². The van der Waals surface area contributed by atoms with Crippen molar-refractivity contribution >= 4 is 26.8 Å². The van der Waals surface area contributed by atoms with Gasteiger partial charge >= 0.3 is 0 Å². The van der Waals surface area contributed by atoms with Gasteiger partial charge in [0.2, 0.25) is 0 Å². The maximum atomic E-state index is 3.45. The fraction of sp³-hybridized carbons (Fsp3) is 0.273. The normalized spacial score (nSPS) is 10.9. The lowest BCUT2D eigenvalue weighted by molar-refractivity contribution is 0.812. The average Bonchev–Trinajstić information content (AvgIpc) is 2.51. The van der Waals surface area contributed by atoms with Crippen molar-refractivity contribution < 1.29 is 0 Å². The summed E-state index contributed by atoms with van der Waals surface area (Å²) in [7, 11) is 0. The minimum absolute atomic E-state index is 1.00. The molecule has 0 saturated carbocycles. The Balaban J connectivity index is 2.61. The van der Waals surface area contributed by atoms with Gasteiger partial charge in [0.25, 0.3) is 0 Å². The van der Waals surface area contributed by atoms with E-state index in [-0.39, 0.29) is 0 Å². The van der Waals surface area contributed by atoms with E-state index in [1.165, 1.54) is 16.5 Å². The maximum Gasteiger partial charge on any atom is 0.0483 e. The van der Waals surface area contributed by atoms with Crippen molar-refractivity contribution in [3.05, 3.63) is 36.0 Å². The molecule has 1 aromatic carbocycles. The summed E-state index contributed by atoms with van der Waals surface area (Å²) in [6.07, 6.45) is 2.15. The number of alkyl halides is 1. The molecule has 0 radical (unpaired) electrons. The molecule has 2 aromatic rings. The predicted octanol–water partition coefficient (Wildman–Crippen LogP) is 3.34. The number of nitrogens with zero attached hydrogens (tertiary/aromatic N) is 1. The van der Waals surface area contributed by atoms with Gasteiger partial charge in [-0.1, -0.05) is 28.1 Å². The molecule has 1 heterocycles. The van der Waals surface area contributed by atoms with Gasteiger partial charge in [0.05, 0.1) is 0 Å². The van der Waals surface area contributed by atoms with Gasteiger partial charge in [-0.25, -0.2) is 0 Å². The van der Waals surface area contributed by atoms with E-state index in [1.807, 2.05) is 0 Å². The minimum Gasteiger partial charge on any atom is -0.347 e. The summed E-state index contributed by atoms with van der Waals surface area (Å²) in [5.41, 5.74) is 2.69. The zero-order valence-electron chi connectivity index (χ0n) is 7.63. The first kappa shape index (κ1) is 8.82. The summed E-state index contributed by atoms with van der Waals surface area (Å²) in [5.74, 6) is 0. The molecule has 0 aliphatic rings. The Labute approximate surface area is 86.5 Å². The molecular formula is C11H12BrN. The van der Waals surface area contributed by atoms with Gasteiger partial charge in [-0.3, -0.25) is 0 Å². The first-order valence-corrected chi connectivity index (χ1v) is 5.55. The van der Waals surface area contributed by atoms with E-state index in [1.54, 1.807) is 0 Å². The quantitative estimate of drug-likeness (QED) is 0.707. The molecule has 0 bridgehead atoms. The number of fused-ring (bicyclic) bond motifs is 1. The third-order valence-corrected chi connectivity index (χ3v) is 2.71. The van der Waals surface area contributed by atoms with Crippen molar-refractivity contribution in [2.24, 2.45) is 0 Å². The molecule has 0 saturated heterocycles. The second-order valence-corrected chi connectivity index (χ2v) is 4.00. The van der Waals surface area contributed by atoms with Crippen LogP contribution in [0.1, 0.15) is 5.56 Å². The van der Waals surface area contributed by atoms with Crippen LogP contribution >= 0.6 is 15.9 Å². The second kappa shape index (κ2) is 3.54. The van der Waals surface area contributed by atoms with Gasteiger partial charge in [0.15, 0.2) is 0 Å². The Morgan fingerprint density at radius 2 is 2.15 bits per heavy atom. The summed E-state index contributed by atoms with van der Waals surface area (Å²) in [4.78, 5) is 0. The molecule has 13 heavy (non-hydrogen) atoms. The van der Waals surface area contributed by atoms with Crippen LogP contribution in [0.25, 0.3) is 10.9 Å². The van der Waals surface area contributed by atoms with Crippen molar-refractivity contribution in [1.29, 1.82) is 0 Å². The highest BCUT2D eigenvalue weighted by molar-refractivity contribution is 9.09. The van der Waals surface area contributed by atoms with Crippen LogP contribution in [0.3, 0.4) is 0 Å². The summed E-state index contributed by atoms with van der Waals surface area (Å²) < 4.78 is 2.27. The average molecular weight is 238 g/mol. The van der Waals surface area contributed by atoms with E-state index in [0.717, 1.165) is 11.9 Å². The number of rotatable bonds is 2. The molecule has 1 aromatic heterocycles. The lowest BCUT2D eigenvalue weighted by Crippen LogP contribution is -1.95. The van der Waals surface area contributed by atoms with Crippen LogP contribution < -0.4 is 0 Å². The van der Waals surface area contributed by atoms with Gasteiger partial charge in [-0.05, 0) is 24.6 Å². The molecule has 0 atom stereocenters. The van der Waals surface area contributed by atoms with E-state index >= 15 is 0 Å². The highest BCUT2D eigenvalue weighted by atomic mass is 79.9. The Morgan fingerprint density at radius 3 is 2.92 bits per heavy atom. The highest BCUT2D eigenvalue weighted by Gasteiger charge is 2.00. The minimum atomic E-state index is 1.00. The molecular weight excluding hydrogens is 226 g/mol. The van der Waals surface area contributed by atoms with Crippen molar-refractivity contribution in [2.45, 2.75) is 13.5 Å². The molecule has 0 unspecified atom stereocenters. The van der Waals surface area contributed by atoms with Crippen LogP contribution in [0.5, 0.6) is 0 Å².